The van der Waals surface area contributed by atoms with Crippen LogP contribution < -0.4 is 5.73 Å². The molecule has 0 radical (unpaired) electrons. The van der Waals surface area contributed by atoms with E-state index in [1.54, 1.807) is 0 Å². The fraction of sp³-hybridized carbons (Fsp3) is 1.00. The maximum Gasteiger partial charge on any atom is 0.0674 e. The molecule has 2 heteroatoms. The molecule has 0 aliphatic carbocycles. The molecule has 2 N–H and O–H groups in total. The molecule has 0 aromatic carbocycles. The van der Waals surface area contributed by atoms with Gasteiger partial charge in [0, 0.05) is 12.1 Å². The lowest BCUT2D eigenvalue weighted by molar-refractivity contribution is -0.0936. The Morgan fingerprint density at radius 1 is 0.929 bits per heavy atom. The zero-order chi connectivity index (χ0) is 11.6. The van der Waals surface area contributed by atoms with Gasteiger partial charge in [0.15, 0.2) is 0 Å². The van der Waals surface area contributed by atoms with Gasteiger partial charge in [0.25, 0.3) is 0 Å². The minimum atomic E-state index is -0.131. The molecule has 0 rings (SSSR count). The van der Waals surface area contributed by atoms with Crippen LogP contribution in [-0.2, 0) is 4.74 Å². The third kappa shape index (κ3) is 4.97. The van der Waals surface area contributed by atoms with E-state index in [1.807, 2.05) is 13.8 Å². The van der Waals surface area contributed by atoms with Crippen LogP contribution in [0.5, 0.6) is 0 Å². The minimum absolute atomic E-state index is 0.0990. The standard InChI is InChI=1S/C12H27NO/c1-10(2,3)12(6,7)14-9-8-11(4,5)13/h8-9,13H2,1-7H3. The lowest BCUT2D eigenvalue weighted by atomic mass is 9.79. The summed E-state index contributed by atoms with van der Waals surface area (Å²) in [6.07, 6.45) is 0.895. The van der Waals surface area contributed by atoms with Crippen LogP contribution >= 0.6 is 0 Å². The first-order chi connectivity index (χ1) is 5.96. The molecule has 14 heavy (non-hydrogen) atoms. The number of hydrogen-bond donors (Lipinski definition) is 1. The van der Waals surface area contributed by atoms with E-state index in [1.165, 1.54) is 0 Å². The van der Waals surface area contributed by atoms with E-state index in [-0.39, 0.29) is 16.6 Å². The van der Waals surface area contributed by atoms with Crippen molar-refractivity contribution >= 4 is 0 Å². The van der Waals surface area contributed by atoms with Crippen molar-refractivity contribution in [2.45, 2.75) is 66.0 Å². The van der Waals surface area contributed by atoms with E-state index >= 15 is 0 Å². The Balaban J connectivity index is 4.02. The van der Waals surface area contributed by atoms with Gasteiger partial charge in [-0.05, 0) is 39.5 Å². The molecule has 0 aromatic rings. The van der Waals surface area contributed by atoms with Crippen molar-refractivity contribution in [3.63, 3.8) is 0 Å². The van der Waals surface area contributed by atoms with E-state index in [4.69, 9.17) is 10.5 Å². The minimum Gasteiger partial charge on any atom is -0.375 e. The van der Waals surface area contributed by atoms with Crippen molar-refractivity contribution in [3.8, 4) is 0 Å². The summed E-state index contributed by atoms with van der Waals surface area (Å²) < 4.78 is 5.89. The molecule has 0 atom stereocenters. The molecule has 2 nitrogen and oxygen atoms in total. The second kappa shape index (κ2) is 4.19. The van der Waals surface area contributed by atoms with Crippen LogP contribution in [0, 0.1) is 5.41 Å². The first-order valence-electron chi connectivity index (χ1n) is 5.39. The van der Waals surface area contributed by atoms with Gasteiger partial charge in [0.2, 0.25) is 0 Å². The third-order valence-electron chi connectivity index (χ3n) is 3.02. The summed E-state index contributed by atoms with van der Waals surface area (Å²) in [4.78, 5) is 0. The van der Waals surface area contributed by atoms with Crippen molar-refractivity contribution in [1.29, 1.82) is 0 Å². The summed E-state index contributed by atoms with van der Waals surface area (Å²) in [5, 5.41) is 0. The van der Waals surface area contributed by atoms with Crippen molar-refractivity contribution < 1.29 is 4.74 Å². The normalized spacial score (nSPS) is 14.6. The van der Waals surface area contributed by atoms with Gasteiger partial charge >= 0.3 is 0 Å². The highest BCUT2D eigenvalue weighted by atomic mass is 16.5. The lowest BCUT2D eigenvalue weighted by Gasteiger charge is -2.39. The van der Waals surface area contributed by atoms with Gasteiger partial charge < -0.3 is 10.5 Å². The van der Waals surface area contributed by atoms with Gasteiger partial charge in [-0.15, -0.1) is 0 Å². The molecule has 0 aliphatic rings. The molecule has 0 aromatic heterocycles. The summed E-state index contributed by atoms with van der Waals surface area (Å²) in [5.74, 6) is 0. The zero-order valence-electron chi connectivity index (χ0n) is 10.9. The Hall–Kier alpha value is -0.0800. The van der Waals surface area contributed by atoms with Crippen LogP contribution in [0.2, 0.25) is 0 Å². The first kappa shape index (κ1) is 13.9. The smallest absolute Gasteiger partial charge is 0.0674 e. The van der Waals surface area contributed by atoms with Gasteiger partial charge in [-0.25, -0.2) is 0 Å². The van der Waals surface area contributed by atoms with E-state index in [0.717, 1.165) is 13.0 Å². The molecule has 0 spiro atoms. The molecular weight excluding hydrogens is 174 g/mol. The highest BCUT2D eigenvalue weighted by molar-refractivity contribution is 4.84. The molecule has 86 valence electrons. The highest BCUT2D eigenvalue weighted by Gasteiger charge is 2.33. The predicted molar refractivity (Wildman–Crippen MR) is 62.4 cm³/mol. The highest BCUT2D eigenvalue weighted by Crippen LogP contribution is 2.33. The molecule has 0 unspecified atom stereocenters. The molecule has 0 bridgehead atoms. The van der Waals surface area contributed by atoms with Gasteiger partial charge in [0.1, 0.15) is 0 Å². The van der Waals surface area contributed by atoms with Crippen LogP contribution in [0.15, 0.2) is 0 Å². The number of rotatable bonds is 4. The summed E-state index contributed by atoms with van der Waals surface area (Å²) in [6.45, 7) is 15.6. The summed E-state index contributed by atoms with van der Waals surface area (Å²) in [5.41, 5.74) is 5.82. The Kier molecular flexibility index (Phi) is 4.17. The Labute approximate surface area is 89.2 Å². The lowest BCUT2D eigenvalue weighted by Crippen LogP contribution is -2.41. The van der Waals surface area contributed by atoms with Crippen molar-refractivity contribution in [2.75, 3.05) is 6.61 Å². The number of nitrogens with two attached hydrogens (primary N) is 1. The fourth-order valence-electron chi connectivity index (χ4n) is 0.786. The number of ether oxygens (including phenoxy) is 1. The average molecular weight is 201 g/mol. The predicted octanol–water partition coefficient (Wildman–Crippen LogP) is 2.96. The third-order valence-corrected chi connectivity index (χ3v) is 3.02. The topological polar surface area (TPSA) is 35.2 Å². The number of hydrogen-bond acceptors (Lipinski definition) is 2. The molecule has 0 saturated carbocycles. The van der Waals surface area contributed by atoms with Crippen molar-refractivity contribution in [1.82, 2.24) is 0 Å². The van der Waals surface area contributed by atoms with Gasteiger partial charge in [0.05, 0.1) is 5.60 Å². The van der Waals surface area contributed by atoms with E-state index in [9.17, 15) is 0 Å². The van der Waals surface area contributed by atoms with Gasteiger partial charge in [-0.1, -0.05) is 20.8 Å². The van der Waals surface area contributed by atoms with Crippen molar-refractivity contribution in [2.24, 2.45) is 11.1 Å². The fourth-order valence-corrected chi connectivity index (χ4v) is 0.786. The Morgan fingerprint density at radius 2 is 1.36 bits per heavy atom. The molecule has 0 saturated heterocycles. The largest absolute Gasteiger partial charge is 0.375 e. The van der Waals surface area contributed by atoms with Gasteiger partial charge in [-0.2, -0.15) is 0 Å². The zero-order valence-corrected chi connectivity index (χ0v) is 10.9. The van der Waals surface area contributed by atoms with Gasteiger partial charge in [-0.3, -0.25) is 0 Å². The summed E-state index contributed by atoms with van der Waals surface area (Å²) in [6, 6.07) is 0. The van der Waals surface area contributed by atoms with E-state index in [0.29, 0.717) is 0 Å². The SMILES string of the molecule is CC(C)(N)CCOC(C)(C)C(C)(C)C. The Morgan fingerprint density at radius 3 is 1.64 bits per heavy atom. The quantitative estimate of drug-likeness (QED) is 0.759. The summed E-state index contributed by atoms with van der Waals surface area (Å²) >= 11 is 0. The van der Waals surface area contributed by atoms with Crippen LogP contribution in [-0.4, -0.2) is 17.7 Å². The van der Waals surface area contributed by atoms with Crippen LogP contribution in [0.3, 0.4) is 0 Å². The second-order valence-electron chi connectivity index (χ2n) is 6.35. The van der Waals surface area contributed by atoms with E-state index < -0.39 is 0 Å². The first-order valence-corrected chi connectivity index (χ1v) is 5.39. The Bertz CT molecular complexity index is 172. The maximum absolute atomic E-state index is 5.89. The molecule has 0 fully saturated rings. The monoisotopic (exact) mass is 201 g/mol. The average Bonchev–Trinajstić information content (AvgIpc) is 1.80. The van der Waals surface area contributed by atoms with Crippen molar-refractivity contribution in [3.05, 3.63) is 0 Å². The molecule has 0 heterocycles. The molecule has 0 aliphatic heterocycles. The second-order valence-corrected chi connectivity index (χ2v) is 6.35. The van der Waals surface area contributed by atoms with Crippen LogP contribution in [0.25, 0.3) is 0 Å². The molecular formula is C12H27NO. The van der Waals surface area contributed by atoms with E-state index in [2.05, 4.69) is 34.6 Å². The van der Waals surface area contributed by atoms with Crippen LogP contribution in [0.4, 0.5) is 0 Å². The molecule has 0 amide bonds. The maximum atomic E-state index is 5.89. The summed E-state index contributed by atoms with van der Waals surface area (Å²) in [7, 11) is 0. The van der Waals surface area contributed by atoms with Crippen LogP contribution in [0.1, 0.15) is 54.9 Å².